The van der Waals surface area contributed by atoms with Crippen LogP contribution >= 0.6 is 0 Å². The molecule has 1 atom stereocenters. The molecule has 0 amide bonds. The van der Waals surface area contributed by atoms with Gasteiger partial charge in [-0.05, 0) is 31.0 Å². The topological polar surface area (TPSA) is 38.3 Å². The smallest absolute Gasteiger partial charge is 0.327 e. The van der Waals surface area contributed by atoms with Crippen molar-refractivity contribution in [2.24, 2.45) is 0 Å². The predicted octanol–water partition coefficient (Wildman–Crippen LogP) is 1.95. The van der Waals surface area contributed by atoms with Crippen LogP contribution in [-0.2, 0) is 9.53 Å². The Morgan fingerprint density at radius 1 is 1.38 bits per heavy atom. The Morgan fingerprint density at radius 3 is 2.88 bits per heavy atom. The van der Waals surface area contributed by atoms with E-state index in [1.807, 2.05) is 30.3 Å². The van der Waals surface area contributed by atoms with Crippen molar-refractivity contribution in [3.63, 3.8) is 0 Å². The minimum absolute atomic E-state index is 0.125. The number of carbonyl (C=O) groups is 1. The van der Waals surface area contributed by atoms with Gasteiger partial charge in [0.25, 0.3) is 0 Å². The fourth-order valence-electron chi connectivity index (χ4n) is 1.71. The molecule has 0 aromatic heterocycles. The highest BCUT2D eigenvalue weighted by molar-refractivity contribution is 5.77. The standard InChI is InChI=1S/C13H15NO2/c15-13(12-7-4-9-14-12)16-10-8-11-5-2-1-3-6-11/h1-3,5-6,8,10,12,14H,4,7,9H2/t12-/m0/s1. The first-order chi connectivity index (χ1) is 7.86. The number of nitrogens with one attached hydrogen (secondary N) is 1. The Hall–Kier alpha value is -1.61. The van der Waals surface area contributed by atoms with E-state index in [0.29, 0.717) is 0 Å². The lowest BCUT2D eigenvalue weighted by atomic mass is 10.2. The first kappa shape index (κ1) is 10.9. The average Bonchev–Trinajstić information content (AvgIpc) is 2.84. The normalized spacial score (nSPS) is 20.1. The van der Waals surface area contributed by atoms with Gasteiger partial charge in [0.2, 0.25) is 0 Å². The zero-order valence-corrected chi connectivity index (χ0v) is 9.06. The molecule has 0 saturated carbocycles. The van der Waals surface area contributed by atoms with Gasteiger partial charge in [-0.15, -0.1) is 0 Å². The number of ether oxygens (including phenoxy) is 1. The highest BCUT2D eigenvalue weighted by Crippen LogP contribution is 2.07. The zero-order chi connectivity index (χ0) is 11.2. The molecular weight excluding hydrogens is 202 g/mol. The van der Waals surface area contributed by atoms with E-state index in [2.05, 4.69) is 5.32 Å². The van der Waals surface area contributed by atoms with Crippen molar-refractivity contribution in [1.82, 2.24) is 5.32 Å². The molecule has 1 aromatic rings. The van der Waals surface area contributed by atoms with E-state index in [1.165, 1.54) is 6.26 Å². The molecule has 16 heavy (non-hydrogen) atoms. The maximum absolute atomic E-state index is 11.5. The Morgan fingerprint density at radius 2 is 2.19 bits per heavy atom. The van der Waals surface area contributed by atoms with Crippen LogP contribution in [0.25, 0.3) is 6.08 Å². The minimum atomic E-state index is -0.190. The molecule has 0 radical (unpaired) electrons. The molecule has 1 N–H and O–H groups in total. The summed E-state index contributed by atoms with van der Waals surface area (Å²) in [5, 5.41) is 3.10. The third kappa shape index (κ3) is 2.94. The molecule has 3 heteroatoms. The maximum Gasteiger partial charge on any atom is 0.327 e. The van der Waals surface area contributed by atoms with Crippen molar-refractivity contribution >= 4 is 12.0 Å². The molecule has 3 nitrogen and oxygen atoms in total. The van der Waals surface area contributed by atoms with Gasteiger partial charge < -0.3 is 10.1 Å². The fraction of sp³-hybridized carbons (Fsp3) is 0.308. The summed E-state index contributed by atoms with van der Waals surface area (Å²) < 4.78 is 5.05. The van der Waals surface area contributed by atoms with Crippen LogP contribution in [0, 0.1) is 0 Å². The third-order valence-electron chi connectivity index (χ3n) is 2.59. The first-order valence-corrected chi connectivity index (χ1v) is 5.52. The van der Waals surface area contributed by atoms with Gasteiger partial charge in [0.05, 0.1) is 6.26 Å². The summed E-state index contributed by atoms with van der Waals surface area (Å²) in [7, 11) is 0. The molecule has 1 heterocycles. The zero-order valence-electron chi connectivity index (χ0n) is 9.06. The summed E-state index contributed by atoms with van der Waals surface area (Å²) in [5.74, 6) is -0.190. The van der Waals surface area contributed by atoms with Crippen LogP contribution in [0.15, 0.2) is 36.6 Å². The lowest BCUT2D eigenvalue weighted by molar-refractivity contribution is -0.139. The van der Waals surface area contributed by atoms with E-state index >= 15 is 0 Å². The van der Waals surface area contributed by atoms with Gasteiger partial charge in [0, 0.05) is 0 Å². The second kappa shape index (κ2) is 5.47. The van der Waals surface area contributed by atoms with E-state index < -0.39 is 0 Å². The van der Waals surface area contributed by atoms with Crippen molar-refractivity contribution in [3.05, 3.63) is 42.2 Å². The van der Waals surface area contributed by atoms with Gasteiger partial charge in [-0.25, -0.2) is 4.79 Å². The molecule has 2 rings (SSSR count). The number of hydrogen-bond donors (Lipinski definition) is 1. The van der Waals surface area contributed by atoms with Crippen LogP contribution in [0.5, 0.6) is 0 Å². The number of esters is 1. The average molecular weight is 217 g/mol. The molecule has 84 valence electrons. The van der Waals surface area contributed by atoms with Crippen LogP contribution in [0.1, 0.15) is 18.4 Å². The first-order valence-electron chi connectivity index (χ1n) is 5.52. The highest BCUT2D eigenvalue weighted by atomic mass is 16.5. The minimum Gasteiger partial charge on any atom is -0.433 e. The summed E-state index contributed by atoms with van der Waals surface area (Å²) in [6.45, 7) is 0.905. The monoisotopic (exact) mass is 217 g/mol. The third-order valence-corrected chi connectivity index (χ3v) is 2.59. The van der Waals surface area contributed by atoms with Crippen LogP contribution in [-0.4, -0.2) is 18.6 Å². The van der Waals surface area contributed by atoms with Crippen LogP contribution in [0.3, 0.4) is 0 Å². The van der Waals surface area contributed by atoms with Gasteiger partial charge in [-0.2, -0.15) is 0 Å². The van der Waals surface area contributed by atoms with E-state index in [0.717, 1.165) is 24.9 Å². The Bertz CT molecular complexity index is 367. The second-order valence-electron chi connectivity index (χ2n) is 3.80. The summed E-state index contributed by atoms with van der Waals surface area (Å²) in [6.07, 6.45) is 5.16. The van der Waals surface area contributed by atoms with E-state index in [1.54, 1.807) is 6.08 Å². The molecule has 0 bridgehead atoms. The van der Waals surface area contributed by atoms with Gasteiger partial charge in [-0.1, -0.05) is 30.3 Å². The summed E-state index contributed by atoms with van der Waals surface area (Å²) in [4.78, 5) is 11.5. The molecular formula is C13H15NO2. The Kier molecular flexibility index (Phi) is 3.72. The van der Waals surface area contributed by atoms with Crippen LogP contribution in [0.4, 0.5) is 0 Å². The molecule has 1 fully saturated rings. The quantitative estimate of drug-likeness (QED) is 0.621. The van der Waals surface area contributed by atoms with Crippen LogP contribution in [0.2, 0.25) is 0 Å². The molecule has 0 spiro atoms. The van der Waals surface area contributed by atoms with Crippen molar-refractivity contribution in [1.29, 1.82) is 0 Å². The summed E-state index contributed by atoms with van der Waals surface area (Å²) in [5.41, 5.74) is 1.02. The molecule has 1 saturated heterocycles. The lowest BCUT2D eigenvalue weighted by Gasteiger charge is -2.06. The predicted molar refractivity (Wildman–Crippen MR) is 62.6 cm³/mol. The Balaban J connectivity index is 1.82. The number of hydrogen-bond acceptors (Lipinski definition) is 3. The molecule has 0 aliphatic carbocycles. The molecule has 1 aromatic carbocycles. The van der Waals surface area contributed by atoms with Crippen molar-refractivity contribution in [3.8, 4) is 0 Å². The SMILES string of the molecule is O=C(OC=Cc1ccccc1)[C@@H]1CCCN1. The fourth-order valence-corrected chi connectivity index (χ4v) is 1.71. The second-order valence-corrected chi connectivity index (χ2v) is 3.80. The van der Waals surface area contributed by atoms with E-state index in [4.69, 9.17) is 4.74 Å². The maximum atomic E-state index is 11.5. The van der Waals surface area contributed by atoms with Crippen molar-refractivity contribution in [2.75, 3.05) is 6.54 Å². The number of benzene rings is 1. The van der Waals surface area contributed by atoms with Gasteiger partial charge in [0.15, 0.2) is 0 Å². The molecule has 1 aliphatic heterocycles. The summed E-state index contributed by atoms with van der Waals surface area (Å²) in [6, 6.07) is 9.63. The number of carbonyl (C=O) groups excluding carboxylic acids is 1. The van der Waals surface area contributed by atoms with Crippen molar-refractivity contribution < 1.29 is 9.53 Å². The summed E-state index contributed by atoms with van der Waals surface area (Å²) >= 11 is 0. The lowest BCUT2D eigenvalue weighted by Crippen LogP contribution is -2.31. The van der Waals surface area contributed by atoms with E-state index in [-0.39, 0.29) is 12.0 Å². The highest BCUT2D eigenvalue weighted by Gasteiger charge is 2.22. The van der Waals surface area contributed by atoms with Gasteiger partial charge >= 0.3 is 5.97 Å². The molecule has 1 aliphatic rings. The molecule has 0 unspecified atom stereocenters. The van der Waals surface area contributed by atoms with Gasteiger partial charge in [-0.3, -0.25) is 0 Å². The van der Waals surface area contributed by atoms with Crippen LogP contribution < -0.4 is 5.32 Å². The Labute approximate surface area is 95.1 Å². The number of rotatable bonds is 3. The van der Waals surface area contributed by atoms with E-state index in [9.17, 15) is 4.79 Å². The largest absolute Gasteiger partial charge is 0.433 e. The van der Waals surface area contributed by atoms with Gasteiger partial charge in [0.1, 0.15) is 6.04 Å². The van der Waals surface area contributed by atoms with Crippen molar-refractivity contribution in [2.45, 2.75) is 18.9 Å².